The largest absolute Gasteiger partial charge is 0.314 e. The van der Waals surface area contributed by atoms with Gasteiger partial charge in [0.25, 0.3) is 0 Å². The molecule has 3 heteroatoms. The molecule has 0 saturated heterocycles. The first-order valence-electron chi connectivity index (χ1n) is 6.35. The second kappa shape index (κ2) is 7.67. The summed E-state index contributed by atoms with van der Waals surface area (Å²) in [6.07, 6.45) is 4.15. The van der Waals surface area contributed by atoms with E-state index >= 15 is 0 Å². The van der Waals surface area contributed by atoms with E-state index in [4.69, 9.17) is 11.6 Å². The molecule has 0 aliphatic rings. The summed E-state index contributed by atoms with van der Waals surface area (Å²) >= 11 is 5.94. The number of benzene rings is 1. The molecular weight excluding hydrogens is 237 g/mol. The Labute approximate surface area is 108 Å². The molecule has 0 heterocycles. The number of aryl methyl sites for hydroxylation is 1. The summed E-state index contributed by atoms with van der Waals surface area (Å²) in [6, 6.07) is 5.53. The highest BCUT2D eigenvalue weighted by Gasteiger charge is 2.09. The number of hydrogen-bond donors (Lipinski definition) is 1. The molecule has 0 spiro atoms. The topological polar surface area (TPSA) is 12.0 Å². The van der Waals surface area contributed by atoms with Gasteiger partial charge in [0, 0.05) is 6.04 Å². The lowest BCUT2D eigenvalue weighted by Crippen LogP contribution is -2.29. The highest BCUT2D eigenvalue weighted by Crippen LogP contribution is 2.21. The van der Waals surface area contributed by atoms with Gasteiger partial charge in [-0.3, -0.25) is 0 Å². The monoisotopic (exact) mass is 257 g/mol. The fourth-order valence-electron chi connectivity index (χ4n) is 2.06. The van der Waals surface area contributed by atoms with Crippen molar-refractivity contribution in [2.75, 3.05) is 6.54 Å². The van der Waals surface area contributed by atoms with Gasteiger partial charge >= 0.3 is 0 Å². The highest BCUT2D eigenvalue weighted by atomic mass is 35.5. The summed E-state index contributed by atoms with van der Waals surface area (Å²) in [5.41, 5.74) is 0.908. The van der Waals surface area contributed by atoms with Crippen LogP contribution in [0.15, 0.2) is 18.2 Å². The molecule has 17 heavy (non-hydrogen) atoms. The summed E-state index contributed by atoms with van der Waals surface area (Å²) in [5, 5.41) is 3.73. The van der Waals surface area contributed by atoms with Crippen molar-refractivity contribution >= 4 is 11.6 Å². The Morgan fingerprint density at radius 1 is 1.29 bits per heavy atom. The molecule has 0 bridgehead atoms. The second-order valence-corrected chi connectivity index (χ2v) is 4.67. The van der Waals surface area contributed by atoms with Crippen molar-refractivity contribution in [3.63, 3.8) is 0 Å². The number of halogens is 2. The number of rotatable bonds is 7. The second-order valence-electron chi connectivity index (χ2n) is 4.29. The molecule has 0 aliphatic heterocycles. The van der Waals surface area contributed by atoms with E-state index in [0.29, 0.717) is 6.04 Å². The normalized spacial score (nSPS) is 12.7. The van der Waals surface area contributed by atoms with Crippen LogP contribution in [0.2, 0.25) is 5.02 Å². The van der Waals surface area contributed by atoms with Gasteiger partial charge in [0.05, 0.1) is 5.02 Å². The van der Waals surface area contributed by atoms with E-state index in [2.05, 4.69) is 19.2 Å². The van der Waals surface area contributed by atoms with Crippen LogP contribution in [0.25, 0.3) is 0 Å². The fraction of sp³-hybridized carbons (Fsp3) is 0.571. The first-order valence-corrected chi connectivity index (χ1v) is 6.73. The molecule has 0 amide bonds. The summed E-state index contributed by atoms with van der Waals surface area (Å²) in [6.45, 7) is 5.26. The van der Waals surface area contributed by atoms with E-state index in [1.54, 1.807) is 6.07 Å². The zero-order chi connectivity index (χ0) is 12.7. The summed E-state index contributed by atoms with van der Waals surface area (Å²) in [5.74, 6) is -0.320. The van der Waals surface area contributed by atoms with Gasteiger partial charge in [-0.1, -0.05) is 44.0 Å². The van der Waals surface area contributed by atoms with Crippen LogP contribution in [0, 0.1) is 5.82 Å². The Morgan fingerprint density at radius 2 is 2.06 bits per heavy atom. The van der Waals surface area contributed by atoms with E-state index in [1.165, 1.54) is 6.07 Å². The van der Waals surface area contributed by atoms with Crippen molar-refractivity contribution in [1.29, 1.82) is 0 Å². The van der Waals surface area contributed by atoms with E-state index in [9.17, 15) is 4.39 Å². The number of nitrogens with one attached hydrogen (secondary N) is 1. The maximum absolute atomic E-state index is 13.3. The van der Waals surface area contributed by atoms with Gasteiger partial charge < -0.3 is 5.32 Å². The zero-order valence-corrected chi connectivity index (χ0v) is 11.4. The van der Waals surface area contributed by atoms with Crippen LogP contribution in [-0.2, 0) is 6.42 Å². The quantitative estimate of drug-likeness (QED) is 0.772. The lowest BCUT2D eigenvalue weighted by Gasteiger charge is -2.17. The van der Waals surface area contributed by atoms with Crippen LogP contribution in [0.4, 0.5) is 4.39 Å². The van der Waals surface area contributed by atoms with E-state index < -0.39 is 0 Å². The van der Waals surface area contributed by atoms with Gasteiger partial charge in [-0.15, -0.1) is 0 Å². The predicted octanol–water partition coefficient (Wildman–Crippen LogP) is 4.19. The van der Waals surface area contributed by atoms with Crippen molar-refractivity contribution < 1.29 is 4.39 Å². The third-order valence-corrected chi connectivity index (χ3v) is 3.35. The van der Waals surface area contributed by atoms with Gasteiger partial charge in [0.2, 0.25) is 0 Å². The van der Waals surface area contributed by atoms with E-state index in [-0.39, 0.29) is 10.8 Å². The maximum Gasteiger partial charge on any atom is 0.142 e. The minimum absolute atomic E-state index is 0.277. The first kappa shape index (κ1) is 14.5. The predicted molar refractivity (Wildman–Crippen MR) is 72.1 cm³/mol. The molecule has 0 saturated carbocycles. The Kier molecular flexibility index (Phi) is 6.53. The molecule has 1 nitrogen and oxygen atoms in total. The van der Waals surface area contributed by atoms with Crippen LogP contribution in [-0.4, -0.2) is 12.6 Å². The lowest BCUT2D eigenvalue weighted by molar-refractivity contribution is 0.459. The van der Waals surface area contributed by atoms with Crippen molar-refractivity contribution in [3.05, 3.63) is 34.6 Å². The Hall–Kier alpha value is -0.600. The van der Waals surface area contributed by atoms with Crippen LogP contribution in [0.5, 0.6) is 0 Å². The van der Waals surface area contributed by atoms with Crippen molar-refractivity contribution in [1.82, 2.24) is 5.32 Å². The molecule has 1 unspecified atom stereocenters. The standard InChI is InChI=1S/C14H21ClFN/c1-3-6-12(17-4-2)10-9-11-7-5-8-13(16)14(11)15/h5,7-8,12,17H,3-4,6,9-10H2,1-2H3. The average Bonchev–Trinajstić information content (AvgIpc) is 2.31. The van der Waals surface area contributed by atoms with Gasteiger partial charge in [0.1, 0.15) is 5.82 Å². The van der Waals surface area contributed by atoms with Gasteiger partial charge in [-0.05, 0) is 37.4 Å². The van der Waals surface area contributed by atoms with Crippen molar-refractivity contribution in [2.45, 2.75) is 45.6 Å². The third kappa shape index (κ3) is 4.64. The summed E-state index contributed by atoms with van der Waals surface area (Å²) in [7, 11) is 0. The zero-order valence-electron chi connectivity index (χ0n) is 10.6. The molecule has 1 aromatic carbocycles. The van der Waals surface area contributed by atoms with Crippen LogP contribution < -0.4 is 5.32 Å². The van der Waals surface area contributed by atoms with E-state index in [1.807, 2.05) is 6.07 Å². The molecule has 1 atom stereocenters. The smallest absolute Gasteiger partial charge is 0.142 e. The van der Waals surface area contributed by atoms with Crippen LogP contribution >= 0.6 is 11.6 Å². The molecule has 0 aliphatic carbocycles. The van der Waals surface area contributed by atoms with Gasteiger partial charge in [0.15, 0.2) is 0 Å². The van der Waals surface area contributed by atoms with Gasteiger partial charge in [-0.2, -0.15) is 0 Å². The molecule has 0 radical (unpaired) electrons. The summed E-state index contributed by atoms with van der Waals surface area (Å²) < 4.78 is 13.3. The van der Waals surface area contributed by atoms with Crippen molar-refractivity contribution in [3.8, 4) is 0 Å². The lowest BCUT2D eigenvalue weighted by atomic mass is 10.0. The molecule has 1 rings (SSSR count). The number of hydrogen-bond acceptors (Lipinski definition) is 1. The Morgan fingerprint density at radius 3 is 2.71 bits per heavy atom. The van der Waals surface area contributed by atoms with Gasteiger partial charge in [-0.25, -0.2) is 4.39 Å². The Bertz CT molecular complexity index is 335. The Balaban J connectivity index is 2.55. The molecule has 1 N–H and O–H groups in total. The first-order chi connectivity index (χ1) is 8.19. The third-order valence-electron chi connectivity index (χ3n) is 2.92. The molecule has 0 aromatic heterocycles. The minimum atomic E-state index is -0.320. The van der Waals surface area contributed by atoms with Crippen LogP contribution in [0.3, 0.4) is 0 Å². The van der Waals surface area contributed by atoms with E-state index in [0.717, 1.165) is 37.8 Å². The minimum Gasteiger partial charge on any atom is -0.314 e. The molecule has 1 aromatic rings. The fourth-order valence-corrected chi connectivity index (χ4v) is 2.28. The summed E-state index contributed by atoms with van der Waals surface area (Å²) in [4.78, 5) is 0. The molecule has 0 fully saturated rings. The average molecular weight is 258 g/mol. The van der Waals surface area contributed by atoms with Crippen molar-refractivity contribution in [2.24, 2.45) is 0 Å². The highest BCUT2D eigenvalue weighted by molar-refractivity contribution is 6.31. The molecular formula is C14H21ClFN. The van der Waals surface area contributed by atoms with Crippen LogP contribution in [0.1, 0.15) is 38.7 Å². The maximum atomic E-state index is 13.3. The SMILES string of the molecule is CCCC(CCc1cccc(F)c1Cl)NCC. The molecule has 96 valence electrons.